The van der Waals surface area contributed by atoms with Gasteiger partial charge in [-0.3, -0.25) is 9.59 Å². The van der Waals surface area contributed by atoms with Crippen molar-refractivity contribution in [1.82, 2.24) is 19.5 Å². The minimum atomic E-state index is -2.70. The summed E-state index contributed by atoms with van der Waals surface area (Å²) in [5, 5.41) is 7.53. The third-order valence-electron chi connectivity index (χ3n) is 7.47. The third kappa shape index (κ3) is 7.52. The molecule has 46 heavy (non-hydrogen) atoms. The predicted molar refractivity (Wildman–Crippen MR) is 165 cm³/mol. The van der Waals surface area contributed by atoms with Gasteiger partial charge in [0.1, 0.15) is 24.0 Å². The van der Waals surface area contributed by atoms with Crippen LogP contribution in [0.25, 0.3) is 16.8 Å². The van der Waals surface area contributed by atoms with E-state index in [0.29, 0.717) is 43.2 Å². The molecule has 0 aliphatic carbocycles. The molecule has 0 atom stereocenters. The number of nitrogens with zero attached hydrogens (tertiary/aromatic N) is 4. The number of nitrogens with one attached hydrogen (secondary N) is 1. The molecule has 236 valence electrons. The molecular weight excluding hydrogens is 599 g/mol. The predicted octanol–water partition coefficient (Wildman–Crippen LogP) is 5.75. The molecule has 0 radical (unpaired) electrons. The van der Waals surface area contributed by atoms with Crippen LogP contribution in [-0.2, 0) is 22.4 Å². The van der Waals surface area contributed by atoms with Gasteiger partial charge in [-0.2, -0.15) is 4.98 Å². The van der Waals surface area contributed by atoms with E-state index in [9.17, 15) is 22.8 Å². The minimum absolute atomic E-state index is 0.0320. The number of alkyl halides is 2. The van der Waals surface area contributed by atoms with Gasteiger partial charge in [-0.25, -0.2) is 17.7 Å². The van der Waals surface area contributed by atoms with Crippen molar-refractivity contribution in [3.05, 3.63) is 108 Å². The lowest BCUT2D eigenvalue weighted by Gasteiger charge is -2.27. The molecule has 0 saturated carbocycles. The summed E-state index contributed by atoms with van der Waals surface area (Å²) in [5.74, 6) is -0.251. The molecule has 1 amide bonds. The SMILES string of the molecule is O=C(Cc1ccc(F)cc1)Cc1ccc(-c2ccc3nc(Nc4ccc(C(=O)N5CCOCC5)cc4OCC(F)F)nn3c2)cc1. The molecule has 3 aromatic carbocycles. The fourth-order valence-electron chi connectivity index (χ4n) is 5.14. The molecule has 0 bridgehead atoms. The lowest BCUT2D eigenvalue weighted by atomic mass is 10.0. The molecule has 0 unspecified atom stereocenters. The van der Waals surface area contributed by atoms with Crippen molar-refractivity contribution < 1.29 is 32.2 Å². The summed E-state index contributed by atoms with van der Waals surface area (Å²) < 4.78 is 51.5. The quantitative estimate of drug-likeness (QED) is 0.199. The number of carbonyl (C=O) groups is 2. The van der Waals surface area contributed by atoms with Crippen molar-refractivity contribution in [1.29, 1.82) is 0 Å². The van der Waals surface area contributed by atoms with Crippen LogP contribution in [-0.4, -0.2) is 70.5 Å². The van der Waals surface area contributed by atoms with E-state index in [1.165, 1.54) is 18.2 Å². The molecule has 1 fully saturated rings. The number of rotatable bonds is 11. The fraction of sp³-hybridized carbons (Fsp3) is 0.235. The smallest absolute Gasteiger partial charge is 0.272 e. The number of amides is 1. The van der Waals surface area contributed by atoms with Crippen LogP contribution in [0.3, 0.4) is 0 Å². The summed E-state index contributed by atoms with van der Waals surface area (Å²) >= 11 is 0. The van der Waals surface area contributed by atoms with Crippen LogP contribution in [0.1, 0.15) is 21.5 Å². The van der Waals surface area contributed by atoms with Gasteiger partial charge in [-0.1, -0.05) is 36.4 Å². The van der Waals surface area contributed by atoms with Crippen molar-refractivity contribution in [2.75, 3.05) is 38.2 Å². The molecule has 1 N–H and O–H groups in total. The molecular formula is C34H30F3N5O4. The maximum Gasteiger partial charge on any atom is 0.272 e. The van der Waals surface area contributed by atoms with Crippen molar-refractivity contribution >= 4 is 29.0 Å². The highest BCUT2D eigenvalue weighted by atomic mass is 19.3. The second-order valence-corrected chi connectivity index (χ2v) is 10.8. The van der Waals surface area contributed by atoms with Crippen molar-refractivity contribution in [3.63, 3.8) is 0 Å². The Kier molecular flexibility index (Phi) is 9.25. The van der Waals surface area contributed by atoms with Gasteiger partial charge in [0.15, 0.2) is 5.65 Å². The molecule has 1 saturated heterocycles. The number of morpholine rings is 1. The van der Waals surface area contributed by atoms with Crippen LogP contribution in [0.2, 0.25) is 0 Å². The van der Waals surface area contributed by atoms with E-state index in [4.69, 9.17) is 9.47 Å². The first-order valence-corrected chi connectivity index (χ1v) is 14.7. The Labute approximate surface area is 262 Å². The second kappa shape index (κ2) is 13.8. The van der Waals surface area contributed by atoms with Gasteiger partial charge in [0, 0.05) is 43.3 Å². The van der Waals surface area contributed by atoms with E-state index >= 15 is 0 Å². The summed E-state index contributed by atoms with van der Waals surface area (Å²) in [4.78, 5) is 31.6. The van der Waals surface area contributed by atoms with Crippen molar-refractivity contribution in [2.24, 2.45) is 0 Å². The zero-order chi connectivity index (χ0) is 32.0. The lowest BCUT2D eigenvalue weighted by molar-refractivity contribution is -0.117. The highest BCUT2D eigenvalue weighted by Crippen LogP contribution is 2.30. The minimum Gasteiger partial charge on any atom is -0.485 e. The van der Waals surface area contributed by atoms with Gasteiger partial charge in [0.25, 0.3) is 12.3 Å². The molecule has 12 heteroatoms. The molecule has 5 aromatic rings. The molecule has 9 nitrogen and oxygen atoms in total. The number of ketones is 1. The fourth-order valence-corrected chi connectivity index (χ4v) is 5.14. The van der Waals surface area contributed by atoms with Gasteiger partial charge in [-0.05, 0) is 59.2 Å². The highest BCUT2D eigenvalue weighted by molar-refractivity contribution is 5.95. The van der Waals surface area contributed by atoms with Crippen LogP contribution in [0.5, 0.6) is 5.75 Å². The molecule has 3 heterocycles. The molecule has 0 spiro atoms. The maximum absolute atomic E-state index is 13.1. The Morgan fingerprint density at radius 2 is 1.57 bits per heavy atom. The average molecular weight is 630 g/mol. The van der Waals surface area contributed by atoms with E-state index in [2.05, 4.69) is 15.4 Å². The first-order valence-electron chi connectivity index (χ1n) is 14.7. The van der Waals surface area contributed by atoms with Crippen molar-refractivity contribution in [3.8, 4) is 16.9 Å². The van der Waals surface area contributed by atoms with Crippen LogP contribution >= 0.6 is 0 Å². The van der Waals surface area contributed by atoms with Gasteiger partial charge in [-0.15, -0.1) is 5.10 Å². The summed E-state index contributed by atoms with van der Waals surface area (Å²) in [6.45, 7) is 0.929. The first-order chi connectivity index (χ1) is 22.3. The van der Waals surface area contributed by atoms with Gasteiger partial charge in [0.2, 0.25) is 5.95 Å². The Morgan fingerprint density at radius 1 is 0.891 bits per heavy atom. The normalized spacial score (nSPS) is 13.3. The Bertz CT molecular complexity index is 1840. The number of anilines is 2. The van der Waals surface area contributed by atoms with E-state index < -0.39 is 13.0 Å². The van der Waals surface area contributed by atoms with Crippen LogP contribution in [0.4, 0.5) is 24.8 Å². The van der Waals surface area contributed by atoms with Gasteiger partial charge < -0.3 is 19.7 Å². The van der Waals surface area contributed by atoms with Crippen molar-refractivity contribution in [2.45, 2.75) is 19.3 Å². The summed E-state index contributed by atoms with van der Waals surface area (Å²) in [7, 11) is 0. The van der Waals surface area contributed by atoms with E-state index in [1.807, 2.05) is 30.3 Å². The number of benzene rings is 3. The number of hydrogen-bond donors (Lipinski definition) is 1. The van der Waals surface area contributed by atoms with Crippen LogP contribution < -0.4 is 10.1 Å². The largest absolute Gasteiger partial charge is 0.485 e. The van der Waals surface area contributed by atoms with Gasteiger partial charge >= 0.3 is 0 Å². The van der Waals surface area contributed by atoms with Gasteiger partial charge in [0.05, 0.1) is 18.9 Å². The molecule has 2 aromatic heterocycles. The first kappa shape index (κ1) is 30.8. The summed E-state index contributed by atoms with van der Waals surface area (Å²) in [5.41, 5.74) is 4.60. The third-order valence-corrected chi connectivity index (χ3v) is 7.47. The maximum atomic E-state index is 13.1. The highest BCUT2D eigenvalue weighted by Gasteiger charge is 2.21. The van der Waals surface area contributed by atoms with E-state index in [-0.39, 0.29) is 42.0 Å². The standard InChI is InChI=1S/C34H30F3N5O4/c35-27-9-3-23(4-10-27)18-28(43)17-22-1-5-24(6-2-22)26-8-12-32-39-34(40-42(32)20-26)38-29-11-7-25(19-30(29)46-21-31(36)37)33(44)41-13-15-45-16-14-41/h1-12,19-20,31H,13-18,21H2,(H,38,40). The van der Waals surface area contributed by atoms with E-state index in [1.54, 1.807) is 45.9 Å². The molecule has 1 aliphatic rings. The number of ether oxygens (including phenoxy) is 2. The molecule has 6 rings (SSSR count). The second-order valence-electron chi connectivity index (χ2n) is 10.8. The topological polar surface area (TPSA) is 98.1 Å². The number of fused-ring (bicyclic) bond motifs is 1. The monoisotopic (exact) mass is 629 g/mol. The lowest BCUT2D eigenvalue weighted by Crippen LogP contribution is -2.40. The number of carbonyl (C=O) groups excluding carboxylic acids is 2. The number of aromatic nitrogens is 3. The Hall–Kier alpha value is -5.23. The molecule has 1 aliphatic heterocycles. The number of pyridine rings is 1. The Balaban J connectivity index is 1.15. The number of halogens is 3. The van der Waals surface area contributed by atoms with E-state index in [0.717, 1.165) is 22.3 Å². The average Bonchev–Trinajstić information content (AvgIpc) is 3.47. The zero-order valence-corrected chi connectivity index (χ0v) is 24.7. The number of Topliss-reactive ketones (excluding diaryl/α,β-unsaturated/α-hetero) is 1. The summed E-state index contributed by atoms with van der Waals surface area (Å²) in [6, 6.07) is 21.9. The summed E-state index contributed by atoms with van der Waals surface area (Å²) in [6.07, 6.45) is -0.396. The van der Waals surface area contributed by atoms with Crippen LogP contribution in [0.15, 0.2) is 85.1 Å². The zero-order valence-electron chi connectivity index (χ0n) is 24.7. The van der Waals surface area contributed by atoms with Crippen LogP contribution in [0, 0.1) is 5.82 Å². The Morgan fingerprint density at radius 3 is 2.26 bits per heavy atom. The number of hydrogen-bond acceptors (Lipinski definition) is 7.